The molecule has 98 valence electrons. The van der Waals surface area contributed by atoms with Gasteiger partial charge in [0, 0.05) is 23.8 Å². The Hall–Kier alpha value is -1.35. The molecule has 0 bridgehead atoms. The van der Waals surface area contributed by atoms with Crippen LogP contribution < -0.4 is 4.90 Å². The third-order valence-electron chi connectivity index (χ3n) is 3.38. The fourth-order valence-corrected chi connectivity index (χ4v) is 2.23. The van der Waals surface area contributed by atoms with Gasteiger partial charge in [-0.05, 0) is 44.4 Å². The second-order valence-corrected chi connectivity index (χ2v) is 5.01. The number of nitrogens with zero attached hydrogens (tertiary/aromatic N) is 1. The van der Waals surface area contributed by atoms with Gasteiger partial charge < -0.3 is 10.0 Å². The summed E-state index contributed by atoms with van der Waals surface area (Å²) >= 11 is 0. The molecule has 0 amide bonds. The lowest BCUT2D eigenvalue weighted by atomic mass is 10.0. The first kappa shape index (κ1) is 13.1. The summed E-state index contributed by atoms with van der Waals surface area (Å²) in [5.74, 6) is -0.260. The van der Waals surface area contributed by atoms with Crippen LogP contribution in [0, 0.1) is 12.7 Å². The minimum atomic E-state index is -0.666. The average molecular weight is 249 g/mol. The molecule has 1 aliphatic carbocycles. The molecule has 0 aromatic heterocycles. The summed E-state index contributed by atoms with van der Waals surface area (Å²) in [6.07, 6.45) is 3.50. The standard InChI is InChI=1S/C15H20FNO/c1-4-7-17(12-5-6-12)15-8-10(2)14(16)9-13(15)11(3)18/h4,8-9,11-12,18H,1,5-7H2,2-3H3. The van der Waals surface area contributed by atoms with E-state index in [0.717, 1.165) is 25.1 Å². The zero-order chi connectivity index (χ0) is 13.3. The third-order valence-corrected chi connectivity index (χ3v) is 3.38. The van der Waals surface area contributed by atoms with Crippen LogP contribution in [0.3, 0.4) is 0 Å². The molecule has 0 spiro atoms. The highest BCUT2D eigenvalue weighted by atomic mass is 19.1. The van der Waals surface area contributed by atoms with Crippen molar-refractivity contribution < 1.29 is 9.50 Å². The first-order chi connectivity index (χ1) is 8.54. The van der Waals surface area contributed by atoms with E-state index in [4.69, 9.17) is 0 Å². The van der Waals surface area contributed by atoms with Crippen LogP contribution in [0.15, 0.2) is 24.8 Å². The quantitative estimate of drug-likeness (QED) is 0.809. The smallest absolute Gasteiger partial charge is 0.126 e. The van der Waals surface area contributed by atoms with Crippen LogP contribution in [0.25, 0.3) is 0 Å². The fraction of sp³-hybridized carbons (Fsp3) is 0.467. The van der Waals surface area contributed by atoms with Crippen LogP contribution in [-0.4, -0.2) is 17.7 Å². The van der Waals surface area contributed by atoms with Crippen molar-refractivity contribution in [3.63, 3.8) is 0 Å². The van der Waals surface area contributed by atoms with Gasteiger partial charge in [-0.25, -0.2) is 4.39 Å². The first-order valence-corrected chi connectivity index (χ1v) is 6.40. The van der Waals surface area contributed by atoms with Crippen molar-refractivity contribution in [1.29, 1.82) is 0 Å². The Labute approximate surface area is 108 Å². The number of aliphatic hydroxyl groups is 1. The summed E-state index contributed by atoms with van der Waals surface area (Å²) in [4.78, 5) is 2.21. The number of benzene rings is 1. The molecule has 1 saturated carbocycles. The van der Waals surface area contributed by atoms with Crippen molar-refractivity contribution in [1.82, 2.24) is 0 Å². The van der Waals surface area contributed by atoms with Crippen LogP contribution in [0.5, 0.6) is 0 Å². The molecule has 0 heterocycles. The second-order valence-electron chi connectivity index (χ2n) is 5.01. The molecule has 2 nitrogen and oxygen atoms in total. The monoisotopic (exact) mass is 249 g/mol. The molecule has 0 saturated heterocycles. The zero-order valence-electron chi connectivity index (χ0n) is 11.0. The Balaban J connectivity index is 2.45. The minimum absolute atomic E-state index is 0.260. The largest absolute Gasteiger partial charge is 0.389 e. The fourth-order valence-electron chi connectivity index (χ4n) is 2.23. The molecular weight excluding hydrogens is 229 g/mol. The lowest BCUT2D eigenvalue weighted by Gasteiger charge is -2.27. The summed E-state index contributed by atoms with van der Waals surface area (Å²) in [5, 5.41) is 9.82. The van der Waals surface area contributed by atoms with Gasteiger partial charge >= 0.3 is 0 Å². The van der Waals surface area contributed by atoms with E-state index >= 15 is 0 Å². The van der Waals surface area contributed by atoms with Crippen molar-refractivity contribution in [2.24, 2.45) is 0 Å². The van der Waals surface area contributed by atoms with Gasteiger partial charge in [-0.1, -0.05) is 6.08 Å². The van der Waals surface area contributed by atoms with Gasteiger partial charge in [0.1, 0.15) is 5.82 Å². The predicted molar refractivity (Wildman–Crippen MR) is 72.3 cm³/mol. The van der Waals surface area contributed by atoms with Crippen molar-refractivity contribution in [2.45, 2.75) is 38.8 Å². The molecule has 1 aromatic carbocycles. The van der Waals surface area contributed by atoms with Crippen molar-refractivity contribution >= 4 is 5.69 Å². The van der Waals surface area contributed by atoms with Crippen molar-refractivity contribution in [3.8, 4) is 0 Å². The summed E-state index contributed by atoms with van der Waals surface area (Å²) in [5.41, 5.74) is 2.21. The maximum atomic E-state index is 13.6. The van der Waals surface area contributed by atoms with E-state index in [1.807, 2.05) is 12.1 Å². The van der Waals surface area contributed by atoms with E-state index in [-0.39, 0.29) is 5.82 Å². The molecule has 1 atom stereocenters. The summed E-state index contributed by atoms with van der Waals surface area (Å²) in [6.45, 7) is 7.93. The number of hydrogen-bond acceptors (Lipinski definition) is 2. The predicted octanol–water partition coefficient (Wildman–Crippen LogP) is 3.34. The van der Waals surface area contributed by atoms with Gasteiger partial charge in [-0.15, -0.1) is 6.58 Å². The van der Waals surface area contributed by atoms with Gasteiger partial charge in [0.25, 0.3) is 0 Å². The molecule has 0 radical (unpaired) electrons. The van der Waals surface area contributed by atoms with E-state index in [0.29, 0.717) is 17.2 Å². The molecule has 1 unspecified atom stereocenters. The molecule has 1 fully saturated rings. The molecule has 0 aliphatic heterocycles. The molecule has 1 aromatic rings. The maximum absolute atomic E-state index is 13.6. The Morgan fingerprint density at radius 3 is 2.72 bits per heavy atom. The van der Waals surface area contributed by atoms with E-state index in [1.165, 1.54) is 6.07 Å². The average Bonchev–Trinajstić information content (AvgIpc) is 3.13. The number of halogens is 1. The molecule has 3 heteroatoms. The number of aliphatic hydroxyl groups excluding tert-OH is 1. The van der Waals surface area contributed by atoms with Crippen molar-refractivity contribution in [3.05, 3.63) is 41.7 Å². The summed E-state index contributed by atoms with van der Waals surface area (Å²) in [6, 6.07) is 3.79. The zero-order valence-corrected chi connectivity index (χ0v) is 11.0. The third kappa shape index (κ3) is 2.56. The van der Waals surface area contributed by atoms with Crippen molar-refractivity contribution in [2.75, 3.05) is 11.4 Å². The number of anilines is 1. The van der Waals surface area contributed by atoms with Crippen LogP contribution in [0.1, 0.15) is 37.0 Å². The minimum Gasteiger partial charge on any atom is -0.389 e. The van der Waals surface area contributed by atoms with Crippen LogP contribution in [0.2, 0.25) is 0 Å². The van der Waals surface area contributed by atoms with Gasteiger partial charge in [-0.3, -0.25) is 0 Å². The first-order valence-electron chi connectivity index (χ1n) is 6.40. The van der Waals surface area contributed by atoms with Gasteiger partial charge in [-0.2, -0.15) is 0 Å². The van der Waals surface area contributed by atoms with Crippen LogP contribution in [-0.2, 0) is 0 Å². The highest BCUT2D eigenvalue weighted by Crippen LogP contribution is 2.36. The highest BCUT2D eigenvalue weighted by Gasteiger charge is 2.30. The number of rotatable bonds is 5. The Bertz CT molecular complexity index is 452. The maximum Gasteiger partial charge on any atom is 0.126 e. The Morgan fingerprint density at radius 2 is 2.22 bits per heavy atom. The topological polar surface area (TPSA) is 23.5 Å². The number of aryl methyl sites for hydroxylation is 1. The second kappa shape index (κ2) is 5.11. The number of hydrogen-bond donors (Lipinski definition) is 1. The molecule has 2 rings (SSSR count). The van der Waals surface area contributed by atoms with E-state index in [2.05, 4.69) is 11.5 Å². The van der Waals surface area contributed by atoms with Crippen LogP contribution in [0.4, 0.5) is 10.1 Å². The van der Waals surface area contributed by atoms with Gasteiger partial charge in [0.15, 0.2) is 0 Å². The van der Waals surface area contributed by atoms with Crippen LogP contribution >= 0.6 is 0 Å². The lowest BCUT2D eigenvalue weighted by Crippen LogP contribution is -2.27. The summed E-state index contributed by atoms with van der Waals surface area (Å²) < 4.78 is 13.6. The van der Waals surface area contributed by atoms with Gasteiger partial charge in [0.2, 0.25) is 0 Å². The highest BCUT2D eigenvalue weighted by molar-refractivity contribution is 5.58. The van der Waals surface area contributed by atoms with Gasteiger partial charge in [0.05, 0.1) is 6.10 Å². The Kier molecular flexibility index (Phi) is 3.71. The van der Waals surface area contributed by atoms with E-state index < -0.39 is 6.10 Å². The SMILES string of the molecule is C=CCN(c1cc(C)c(F)cc1C(C)O)C1CC1. The lowest BCUT2D eigenvalue weighted by molar-refractivity contribution is 0.199. The Morgan fingerprint density at radius 1 is 1.56 bits per heavy atom. The normalized spacial score (nSPS) is 16.4. The molecule has 18 heavy (non-hydrogen) atoms. The van der Waals surface area contributed by atoms with E-state index in [9.17, 15) is 9.50 Å². The molecular formula is C15H20FNO. The molecule has 1 N–H and O–H groups in total. The molecule has 1 aliphatic rings. The summed E-state index contributed by atoms with van der Waals surface area (Å²) in [7, 11) is 0. The van der Waals surface area contributed by atoms with E-state index in [1.54, 1.807) is 13.8 Å².